The van der Waals surface area contributed by atoms with Gasteiger partial charge in [0.15, 0.2) is 0 Å². The summed E-state index contributed by atoms with van der Waals surface area (Å²) in [6.45, 7) is 2.15. The standard InChI is InChI=1S/C10H13NO2/c1-2-7-6-9(7)11-5-3-4-8(11)10(12)13/h3-5,7,9H,2,6H2,1H3,(H,12,13). The molecule has 0 radical (unpaired) electrons. The van der Waals surface area contributed by atoms with E-state index < -0.39 is 5.97 Å². The molecule has 3 heteroatoms. The first-order chi connectivity index (χ1) is 6.24. The number of nitrogens with zero attached hydrogens (tertiary/aromatic N) is 1. The number of hydrogen-bond donors (Lipinski definition) is 1. The molecule has 1 aromatic heterocycles. The summed E-state index contributed by atoms with van der Waals surface area (Å²) in [7, 11) is 0. The van der Waals surface area contributed by atoms with Crippen molar-refractivity contribution in [1.82, 2.24) is 4.57 Å². The van der Waals surface area contributed by atoms with E-state index in [1.807, 2.05) is 10.8 Å². The van der Waals surface area contributed by atoms with Crippen molar-refractivity contribution in [1.29, 1.82) is 0 Å². The summed E-state index contributed by atoms with van der Waals surface area (Å²) in [5, 5.41) is 8.87. The van der Waals surface area contributed by atoms with Crippen LogP contribution in [0.4, 0.5) is 0 Å². The molecule has 1 aliphatic rings. The summed E-state index contributed by atoms with van der Waals surface area (Å²) in [6, 6.07) is 3.90. The Hall–Kier alpha value is -1.25. The van der Waals surface area contributed by atoms with Crippen LogP contribution in [0.2, 0.25) is 0 Å². The average molecular weight is 179 g/mol. The molecule has 1 N–H and O–H groups in total. The third-order valence-electron chi connectivity index (χ3n) is 2.76. The van der Waals surface area contributed by atoms with Gasteiger partial charge in [0.05, 0.1) is 0 Å². The smallest absolute Gasteiger partial charge is 0.352 e. The SMILES string of the molecule is CCC1CC1n1cccc1C(=O)O. The number of carbonyl (C=O) groups is 1. The zero-order chi connectivity index (χ0) is 9.42. The third kappa shape index (κ3) is 1.34. The summed E-state index contributed by atoms with van der Waals surface area (Å²) >= 11 is 0. The molecule has 0 spiro atoms. The van der Waals surface area contributed by atoms with Crippen LogP contribution in [0.1, 0.15) is 36.3 Å². The third-order valence-corrected chi connectivity index (χ3v) is 2.76. The molecule has 13 heavy (non-hydrogen) atoms. The number of carboxylic acid groups (broad SMARTS) is 1. The van der Waals surface area contributed by atoms with E-state index in [1.54, 1.807) is 12.1 Å². The molecular weight excluding hydrogens is 166 g/mol. The number of rotatable bonds is 3. The number of carboxylic acids is 1. The highest BCUT2D eigenvalue weighted by atomic mass is 16.4. The molecule has 0 bridgehead atoms. The van der Waals surface area contributed by atoms with Crippen LogP contribution in [0.15, 0.2) is 18.3 Å². The van der Waals surface area contributed by atoms with Gasteiger partial charge in [0.2, 0.25) is 0 Å². The zero-order valence-corrected chi connectivity index (χ0v) is 7.60. The fraction of sp³-hybridized carbons (Fsp3) is 0.500. The Morgan fingerprint density at radius 1 is 1.77 bits per heavy atom. The highest BCUT2D eigenvalue weighted by Crippen LogP contribution is 2.46. The Morgan fingerprint density at radius 3 is 3.08 bits per heavy atom. The number of aromatic nitrogens is 1. The molecule has 70 valence electrons. The molecule has 0 amide bonds. The molecule has 2 rings (SSSR count). The van der Waals surface area contributed by atoms with E-state index in [0.717, 1.165) is 12.8 Å². The van der Waals surface area contributed by atoms with Crippen molar-refractivity contribution < 1.29 is 9.90 Å². The molecule has 1 aromatic rings. The van der Waals surface area contributed by atoms with Crippen LogP contribution in [0.5, 0.6) is 0 Å². The Labute approximate surface area is 77.0 Å². The lowest BCUT2D eigenvalue weighted by atomic mass is 10.3. The van der Waals surface area contributed by atoms with Gasteiger partial charge in [-0.1, -0.05) is 13.3 Å². The van der Waals surface area contributed by atoms with E-state index in [4.69, 9.17) is 5.11 Å². The number of hydrogen-bond acceptors (Lipinski definition) is 1. The second-order valence-electron chi connectivity index (χ2n) is 3.58. The second-order valence-corrected chi connectivity index (χ2v) is 3.58. The van der Waals surface area contributed by atoms with Crippen LogP contribution < -0.4 is 0 Å². The van der Waals surface area contributed by atoms with Crippen LogP contribution in [0.25, 0.3) is 0 Å². The molecule has 1 fully saturated rings. The fourth-order valence-electron chi connectivity index (χ4n) is 1.88. The van der Waals surface area contributed by atoms with Crippen LogP contribution in [-0.4, -0.2) is 15.6 Å². The Balaban J connectivity index is 2.22. The minimum Gasteiger partial charge on any atom is -0.477 e. The van der Waals surface area contributed by atoms with Crippen molar-refractivity contribution in [3.63, 3.8) is 0 Å². The molecule has 0 aliphatic heterocycles. The lowest BCUT2D eigenvalue weighted by Crippen LogP contribution is -2.06. The van der Waals surface area contributed by atoms with Crippen LogP contribution in [0, 0.1) is 5.92 Å². The number of aromatic carboxylic acids is 1. The topological polar surface area (TPSA) is 42.2 Å². The predicted octanol–water partition coefficient (Wildman–Crippen LogP) is 2.16. The first-order valence-corrected chi connectivity index (χ1v) is 4.64. The Bertz CT molecular complexity index is 329. The maximum absolute atomic E-state index is 10.8. The van der Waals surface area contributed by atoms with Crippen LogP contribution in [0.3, 0.4) is 0 Å². The largest absolute Gasteiger partial charge is 0.477 e. The van der Waals surface area contributed by atoms with Gasteiger partial charge in [-0.25, -0.2) is 4.79 Å². The predicted molar refractivity (Wildman–Crippen MR) is 48.8 cm³/mol. The fourth-order valence-corrected chi connectivity index (χ4v) is 1.88. The summed E-state index contributed by atoms with van der Waals surface area (Å²) in [4.78, 5) is 10.8. The monoisotopic (exact) mass is 179 g/mol. The Kier molecular flexibility index (Phi) is 1.87. The first-order valence-electron chi connectivity index (χ1n) is 4.64. The summed E-state index contributed by atoms with van der Waals surface area (Å²) < 4.78 is 1.89. The van der Waals surface area contributed by atoms with Gasteiger partial charge in [0.1, 0.15) is 5.69 Å². The van der Waals surface area contributed by atoms with Gasteiger partial charge in [-0.2, -0.15) is 0 Å². The highest BCUT2D eigenvalue weighted by molar-refractivity contribution is 5.85. The quantitative estimate of drug-likeness (QED) is 0.772. The van der Waals surface area contributed by atoms with Crippen molar-refractivity contribution in [2.75, 3.05) is 0 Å². The lowest BCUT2D eigenvalue weighted by molar-refractivity contribution is 0.0684. The molecule has 2 unspecified atom stereocenters. The van der Waals surface area contributed by atoms with Crippen LogP contribution in [-0.2, 0) is 0 Å². The van der Waals surface area contributed by atoms with Gasteiger partial charge in [0, 0.05) is 12.2 Å². The molecule has 0 saturated heterocycles. The molecule has 1 heterocycles. The minimum absolute atomic E-state index is 0.418. The van der Waals surface area contributed by atoms with E-state index in [0.29, 0.717) is 17.7 Å². The minimum atomic E-state index is -0.827. The van der Waals surface area contributed by atoms with E-state index in [9.17, 15) is 4.79 Å². The molecule has 0 aromatic carbocycles. The van der Waals surface area contributed by atoms with Crippen molar-refractivity contribution in [2.45, 2.75) is 25.8 Å². The molecule has 3 nitrogen and oxygen atoms in total. The van der Waals surface area contributed by atoms with E-state index in [-0.39, 0.29) is 0 Å². The molecule has 1 aliphatic carbocycles. The first kappa shape index (κ1) is 8.35. The van der Waals surface area contributed by atoms with E-state index in [1.165, 1.54) is 0 Å². The summed E-state index contributed by atoms with van der Waals surface area (Å²) in [5.74, 6) is -0.141. The maximum atomic E-state index is 10.8. The van der Waals surface area contributed by atoms with Crippen molar-refractivity contribution >= 4 is 5.97 Å². The second kappa shape index (κ2) is 2.91. The maximum Gasteiger partial charge on any atom is 0.352 e. The Morgan fingerprint density at radius 2 is 2.54 bits per heavy atom. The van der Waals surface area contributed by atoms with Gasteiger partial charge in [-0.3, -0.25) is 0 Å². The molecule has 2 atom stereocenters. The molecule has 1 saturated carbocycles. The molecular formula is C10H13NO2. The summed E-state index contributed by atoms with van der Waals surface area (Å²) in [6.07, 6.45) is 4.14. The highest BCUT2D eigenvalue weighted by Gasteiger charge is 2.38. The zero-order valence-electron chi connectivity index (χ0n) is 7.60. The van der Waals surface area contributed by atoms with Crippen molar-refractivity contribution in [3.8, 4) is 0 Å². The van der Waals surface area contributed by atoms with E-state index in [2.05, 4.69) is 6.92 Å². The van der Waals surface area contributed by atoms with Crippen LogP contribution >= 0.6 is 0 Å². The normalized spacial score (nSPS) is 25.9. The van der Waals surface area contributed by atoms with Gasteiger partial charge < -0.3 is 9.67 Å². The van der Waals surface area contributed by atoms with Gasteiger partial charge in [0.25, 0.3) is 0 Å². The average Bonchev–Trinajstić information content (AvgIpc) is 2.72. The van der Waals surface area contributed by atoms with Crippen molar-refractivity contribution in [3.05, 3.63) is 24.0 Å². The van der Waals surface area contributed by atoms with Gasteiger partial charge >= 0.3 is 5.97 Å². The summed E-state index contributed by atoms with van der Waals surface area (Å²) in [5.41, 5.74) is 0.418. The van der Waals surface area contributed by atoms with E-state index >= 15 is 0 Å². The lowest BCUT2D eigenvalue weighted by Gasteiger charge is -2.03. The van der Waals surface area contributed by atoms with Gasteiger partial charge in [-0.15, -0.1) is 0 Å². The van der Waals surface area contributed by atoms with Crippen molar-refractivity contribution in [2.24, 2.45) is 5.92 Å². The van der Waals surface area contributed by atoms with Gasteiger partial charge in [-0.05, 0) is 24.5 Å².